The van der Waals surface area contributed by atoms with E-state index in [1.54, 1.807) is 18.2 Å². The average molecular weight is 331 g/mol. The summed E-state index contributed by atoms with van der Waals surface area (Å²) in [6.45, 7) is 1.97. The third-order valence-electron chi connectivity index (χ3n) is 2.93. The molecule has 3 nitrogen and oxygen atoms in total. The van der Waals surface area contributed by atoms with Crippen LogP contribution in [0.15, 0.2) is 54.6 Å². The Balaban J connectivity index is 1.90. The van der Waals surface area contributed by atoms with Gasteiger partial charge in [-0.25, -0.2) is 0 Å². The van der Waals surface area contributed by atoms with Crippen LogP contribution in [0.1, 0.15) is 11.1 Å². The number of carbonyl (C=O) groups excluding carboxylic acids is 1. The maximum atomic E-state index is 11.8. The molecular formula is C17H15ClN2OS. The van der Waals surface area contributed by atoms with E-state index in [9.17, 15) is 4.79 Å². The Kier molecular flexibility index (Phi) is 5.69. The molecule has 0 bridgehead atoms. The number of hydrogen-bond donors (Lipinski definition) is 2. The Hall–Kier alpha value is -2.17. The molecule has 0 spiro atoms. The number of benzene rings is 2. The monoisotopic (exact) mass is 330 g/mol. The van der Waals surface area contributed by atoms with Crippen LogP contribution in [0.4, 0.5) is 5.69 Å². The number of thiocarbonyl (C=S) groups is 1. The normalized spacial score (nSPS) is 10.5. The van der Waals surface area contributed by atoms with E-state index < -0.39 is 0 Å². The van der Waals surface area contributed by atoms with E-state index in [4.69, 9.17) is 23.8 Å². The lowest BCUT2D eigenvalue weighted by Crippen LogP contribution is -2.33. The van der Waals surface area contributed by atoms with Crippen molar-refractivity contribution in [3.05, 3.63) is 70.8 Å². The van der Waals surface area contributed by atoms with Crippen molar-refractivity contribution in [2.45, 2.75) is 6.92 Å². The van der Waals surface area contributed by atoms with E-state index in [2.05, 4.69) is 10.6 Å². The van der Waals surface area contributed by atoms with Crippen LogP contribution >= 0.6 is 23.8 Å². The van der Waals surface area contributed by atoms with E-state index in [1.165, 1.54) is 6.08 Å². The number of aryl methyl sites for hydroxylation is 1. The van der Waals surface area contributed by atoms with Gasteiger partial charge in [-0.15, -0.1) is 0 Å². The van der Waals surface area contributed by atoms with Gasteiger partial charge < -0.3 is 5.32 Å². The van der Waals surface area contributed by atoms with Crippen LogP contribution in [-0.2, 0) is 4.79 Å². The topological polar surface area (TPSA) is 41.1 Å². The predicted octanol–water partition coefficient (Wildman–Crippen LogP) is 4.17. The minimum Gasteiger partial charge on any atom is -0.332 e. The van der Waals surface area contributed by atoms with Crippen molar-refractivity contribution in [1.82, 2.24) is 5.32 Å². The quantitative estimate of drug-likeness (QED) is 0.655. The van der Waals surface area contributed by atoms with Gasteiger partial charge in [0.05, 0.1) is 0 Å². The fourth-order valence-corrected chi connectivity index (χ4v) is 2.10. The summed E-state index contributed by atoms with van der Waals surface area (Å²) < 4.78 is 0. The van der Waals surface area contributed by atoms with Crippen molar-refractivity contribution < 1.29 is 4.79 Å². The van der Waals surface area contributed by atoms with Crippen LogP contribution in [0.5, 0.6) is 0 Å². The first-order chi connectivity index (χ1) is 10.5. The highest BCUT2D eigenvalue weighted by atomic mass is 35.5. The van der Waals surface area contributed by atoms with Gasteiger partial charge in [0, 0.05) is 16.8 Å². The number of rotatable bonds is 3. The summed E-state index contributed by atoms with van der Waals surface area (Å²) in [6.07, 6.45) is 3.12. The van der Waals surface area contributed by atoms with E-state index in [0.717, 1.165) is 16.8 Å². The van der Waals surface area contributed by atoms with E-state index in [-0.39, 0.29) is 11.0 Å². The molecule has 0 fully saturated rings. The SMILES string of the molecule is Cc1ccccc1NC(=S)NC(=O)C=Cc1ccc(Cl)cc1. The fourth-order valence-electron chi connectivity index (χ4n) is 1.77. The smallest absolute Gasteiger partial charge is 0.250 e. The van der Waals surface area contributed by atoms with Crippen LogP contribution < -0.4 is 10.6 Å². The molecule has 0 saturated heterocycles. The number of nitrogens with one attached hydrogen (secondary N) is 2. The number of anilines is 1. The number of halogens is 1. The number of para-hydroxylation sites is 1. The lowest BCUT2D eigenvalue weighted by atomic mass is 10.2. The molecule has 0 atom stereocenters. The van der Waals surface area contributed by atoms with Gasteiger partial charge in [0.25, 0.3) is 0 Å². The van der Waals surface area contributed by atoms with Crippen LogP contribution in [-0.4, -0.2) is 11.0 Å². The molecule has 22 heavy (non-hydrogen) atoms. The molecule has 0 aliphatic rings. The Labute approximate surface area is 140 Å². The molecule has 2 aromatic rings. The molecule has 0 aliphatic heterocycles. The second kappa shape index (κ2) is 7.73. The zero-order valence-electron chi connectivity index (χ0n) is 12.0. The van der Waals surface area contributed by atoms with Crippen molar-refractivity contribution in [2.75, 3.05) is 5.32 Å². The van der Waals surface area contributed by atoms with Gasteiger partial charge in [-0.1, -0.05) is 41.9 Å². The lowest BCUT2D eigenvalue weighted by Gasteiger charge is -2.10. The van der Waals surface area contributed by atoms with E-state index in [1.807, 2.05) is 43.3 Å². The molecule has 0 aromatic heterocycles. The van der Waals surface area contributed by atoms with Crippen molar-refractivity contribution in [1.29, 1.82) is 0 Å². The second-order valence-electron chi connectivity index (χ2n) is 4.64. The summed E-state index contributed by atoms with van der Waals surface area (Å²) in [5.74, 6) is -0.291. The maximum absolute atomic E-state index is 11.8. The first-order valence-corrected chi connectivity index (χ1v) is 7.44. The minimum atomic E-state index is -0.291. The molecule has 2 N–H and O–H groups in total. The fraction of sp³-hybridized carbons (Fsp3) is 0.0588. The first kappa shape index (κ1) is 16.2. The van der Waals surface area contributed by atoms with Crippen molar-refractivity contribution in [3.63, 3.8) is 0 Å². The number of hydrogen-bond acceptors (Lipinski definition) is 2. The van der Waals surface area contributed by atoms with Gasteiger partial charge in [0.1, 0.15) is 0 Å². The molecule has 2 rings (SSSR count). The molecule has 0 heterocycles. The first-order valence-electron chi connectivity index (χ1n) is 6.66. The van der Waals surface area contributed by atoms with Crippen molar-refractivity contribution in [2.24, 2.45) is 0 Å². The van der Waals surface area contributed by atoms with Crippen LogP contribution in [0, 0.1) is 6.92 Å². The van der Waals surface area contributed by atoms with Crippen LogP contribution in [0.2, 0.25) is 5.02 Å². The Morgan fingerprint density at radius 1 is 1.14 bits per heavy atom. The number of amides is 1. The summed E-state index contributed by atoms with van der Waals surface area (Å²) in [4.78, 5) is 11.8. The second-order valence-corrected chi connectivity index (χ2v) is 5.49. The maximum Gasteiger partial charge on any atom is 0.250 e. The third kappa shape index (κ3) is 4.98. The molecule has 0 radical (unpaired) electrons. The van der Waals surface area contributed by atoms with Crippen molar-refractivity contribution in [3.8, 4) is 0 Å². The lowest BCUT2D eigenvalue weighted by molar-refractivity contribution is -0.115. The Morgan fingerprint density at radius 2 is 1.82 bits per heavy atom. The van der Waals surface area contributed by atoms with Gasteiger partial charge in [0.2, 0.25) is 5.91 Å². The summed E-state index contributed by atoms with van der Waals surface area (Å²) in [5.41, 5.74) is 2.81. The van der Waals surface area contributed by atoms with Gasteiger partial charge in [-0.2, -0.15) is 0 Å². The summed E-state index contributed by atoms with van der Waals surface area (Å²) in [6, 6.07) is 14.9. The molecule has 112 valence electrons. The minimum absolute atomic E-state index is 0.264. The van der Waals surface area contributed by atoms with Crippen LogP contribution in [0.3, 0.4) is 0 Å². The van der Waals surface area contributed by atoms with Gasteiger partial charge in [-0.3, -0.25) is 10.1 Å². The molecule has 2 aromatic carbocycles. The molecule has 0 unspecified atom stereocenters. The van der Waals surface area contributed by atoms with Gasteiger partial charge >= 0.3 is 0 Å². The predicted molar refractivity (Wildman–Crippen MR) is 96.0 cm³/mol. The van der Waals surface area contributed by atoms with E-state index >= 15 is 0 Å². The zero-order chi connectivity index (χ0) is 15.9. The third-order valence-corrected chi connectivity index (χ3v) is 3.38. The highest BCUT2D eigenvalue weighted by molar-refractivity contribution is 7.80. The van der Waals surface area contributed by atoms with Gasteiger partial charge in [0.15, 0.2) is 5.11 Å². The molecule has 5 heteroatoms. The highest BCUT2D eigenvalue weighted by Gasteiger charge is 2.03. The van der Waals surface area contributed by atoms with E-state index in [0.29, 0.717) is 5.02 Å². The molecule has 0 saturated carbocycles. The average Bonchev–Trinajstić information content (AvgIpc) is 2.49. The number of carbonyl (C=O) groups is 1. The zero-order valence-corrected chi connectivity index (χ0v) is 13.5. The highest BCUT2D eigenvalue weighted by Crippen LogP contribution is 2.13. The molecule has 1 amide bonds. The molecule has 0 aliphatic carbocycles. The largest absolute Gasteiger partial charge is 0.332 e. The summed E-state index contributed by atoms with van der Waals surface area (Å²) >= 11 is 10.9. The van der Waals surface area contributed by atoms with Gasteiger partial charge in [-0.05, 0) is 54.5 Å². The Morgan fingerprint density at radius 3 is 2.50 bits per heavy atom. The molecular weight excluding hydrogens is 316 g/mol. The van der Waals surface area contributed by atoms with Crippen LogP contribution in [0.25, 0.3) is 6.08 Å². The summed E-state index contributed by atoms with van der Waals surface area (Å²) in [7, 11) is 0. The Bertz CT molecular complexity index is 711. The van der Waals surface area contributed by atoms with Crippen molar-refractivity contribution >= 4 is 46.6 Å². The summed E-state index contributed by atoms with van der Waals surface area (Å²) in [5, 5.41) is 6.52. The standard InChI is InChI=1S/C17H15ClN2OS/c1-12-4-2-3-5-15(12)19-17(22)20-16(21)11-8-13-6-9-14(18)10-7-13/h2-11H,1H3,(H2,19,20,21,22).